The molecule has 1 aromatic rings. The molecule has 1 aliphatic rings. The van der Waals surface area contributed by atoms with E-state index < -0.39 is 11.7 Å². The second kappa shape index (κ2) is 4.20. The van der Waals surface area contributed by atoms with Crippen LogP contribution in [0.5, 0.6) is 0 Å². The Morgan fingerprint density at radius 2 is 2.00 bits per heavy atom. The summed E-state index contributed by atoms with van der Waals surface area (Å²) in [4.78, 5) is 11.7. The predicted octanol–water partition coefficient (Wildman–Crippen LogP) is 1.41. The Balaban J connectivity index is 2.09. The molecule has 0 saturated carbocycles. The molecule has 82 valence electrons. The van der Waals surface area contributed by atoms with Gasteiger partial charge in [-0.1, -0.05) is 24.3 Å². The van der Waals surface area contributed by atoms with E-state index in [1.54, 1.807) is 36.4 Å². The van der Waals surface area contributed by atoms with Gasteiger partial charge in [0.2, 0.25) is 0 Å². The van der Waals surface area contributed by atoms with E-state index in [9.17, 15) is 9.90 Å². The van der Waals surface area contributed by atoms with Gasteiger partial charge in [0.05, 0.1) is 6.26 Å². The van der Waals surface area contributed by atoms with Gasteiger partial charge in [-0.05, 0) is 24.3 Å². The number of amides is 1. The number of allylic oxidation sites excluding steroid dienone is 2. The second-order valence-corrected chi connectivity index (χ2v) is 3.32. The monoisotopic (exact) mass is 217 g/mol. The van der Waals surface area contributed by atoms with Crippen LogP contribution in [0.4, 0.5) is 5.69 Å². The van der Waals surface area contributed by atoms with Crippen molar-refractivity contribution >= 4 is 11.6 Å². The molecule has 0 aliphatic carbocycles. The average Bonchev–Trinajstić information content (AvgIpc) is 2.31. The summed E-state index contributed by atoms with van der Waals surface area (Å²) >= 11 is 0. The van der Waals surface area contributed by atoms with E-state index in [1.807, 2.05) is 6.07 Å². The van der Waals surface area contributed by atoms with Crippen molar-refractivity contribution in [2.24, 2.45) is 0 Å². The van der Waals surface area contributed by atoms with E-state index in [0.717, 1.165) is 0 Å². The number of para-hydroxylation sites is 1. The topological polar surface area (TPSA) is 58.6 Å². The average molecular weight is 217 g/mol. The predicted molar refractivity (Wildman–Crippen MR) is 59.4 cm³/mol. The van der Waals surface area contributed by atoms with Crippen molar-refractivity contribution in [1.82, 2.24) is 0 Å². The lowest BCUT2D eigenvalue weighted by Gasteiger charge is -2.24. The zero-order valence-electron chi connectivity index (χ0n) is 8.46. The smallest absolute Gasteiger partial charge is 0.308 e. The fraction of sp³-hybridized carbons (Fsp3) is 0.0833. The van der Waals surface area contributed by atoms with Crippen LogP contribution in [0.3, 0.4) is 0 Å². The highest BCUT2D eigenvalue weighted by Crippen LogP contribution is 2.17. The molecule has 16 heavy (non-hydrogen) atoms. The summed E-state index contributed by atoms with van der Waals surface area (Å²) in [7, 11) is 0. The molecule has 0 bridgehead atoms. The number of ether oxygens (including phenoxy) is 1. The first-order valence-corrected chi connectivity index (χ1v) is 4.82. The van der Waals surface area contributed by atoms with Crippen molar-refractivity contribution in [3.8, 4) is 0 Å². The SMILES string of the molecule is O=C(Nc1ccccc1)C1(O)C=CC=CO1. The van der Waals surface area contributed by atoms with Crippen LogP contribution < -0.4 is 5.32 Å². The van der Waals surface area contributed by atoms with Crippen molar-refractivity contribution < 1.29 is 14.6 Å². The molecule has 0 radical (unpaired) electrons. The van der Waals surface area contributed by atoms with E-state index in [4.69, 9.17) is 4.74 Å². The summed E-state index contributed by atoms with van der Waals surface area (Å²) < 4.78 is 4.88. The van der Waals surface area contributed by atoms with Crippen molar-refractivity contribution in [2.45, 2.75) is 5.79 Å². The van der Waals surface area contributed by atoms with Crippen LogP contribution >= 0.6 is 0 Å². The number of aliphatic hydroxyl groups is 1. The number of carbonyl (C=O) groups is 1. The van der Waals surface area contributed by atoms with E-state index in [-0.39, 0.29) is 0 Å². The molecule has 0 fully saturated rings. The first-order chi connectivity index (χ1) is 7.71. The molecule has 2 rings (SSSR count). The largest absolute Gasteiger partial charge is 0.458 e. The summed E-state index contributed by atoms with van der Waals surface area (Å²) in [5, 5.41) is 12.4. The first kappa shape index (κ1) is 10.4. The summed E-state index contributed by atoms with van der Waals surface area (Å²) in [6.07, 6.45) is 5.69. The molecular weight excluding hydrogens is 206 g/mol. The minimum atomic E-state index is -1.93. The Labute approximate surface area is 92.9 Å². The molecule has 0 aromatic heterocycles. The van der Waals surface area contributed by atoms with Crippen LogP contribution in [-0.4, -0.2) is 16.8 Å². The first-order valence-electron chi connectivity index (χ1n) is 4.82. The number of anilines is 1. The van der Waals surface area contributed by atoms with Crippen LogP contribution in [0.2, 0.25) is 0 Å². The van der Waals surface area contributed by atoms with Crippen LogP contribution in [0.25, 0.3) is 0 Å². The lowest BCUT2D eigenvalue weighted by atomic mass is 10.2. The fourth-order valence-corrected chi connectivity index (χ4v) is 1.28. The summed E-state index contributed by atoms with van der Waals surface area (Å²) in [5.41, 5.74) is 0.604. The minimum Gasteiger partial charge on any atom is -0.458 e. The maximum absolute atomic E-state index is 11.7. The zero-order valence-corrected chi connectivity index (χ0v) is 8.46. The summed E-state index contributed by atoms with van der Waals surface area (Å²) in [5.74, 6) is -2.55. The number of nitrogens with one attached hydrogen (secondary N) is 1. The van der Waals surface area contributed by atoms with E-state index >= 15 is 0 Å². The molecule has 1 aliphatic heterocycles. The van der Waals surface area contributed by atoms with E-state index in [1.165, 1.54) is 12.3 Å². The van der Waals surface area contributed by atoms with Crippen LogP contribution in [0, 0.1) is 0 Å². The zero-order chi connectivity index (χ0) is 11.4. The van der Waals surface area contributed by atoms with Crippen LogP contribution in [0.1, 0.15) is 0 Å². The highest BCUT2D eigenvalue weighted by molar-refractivity contribution is 5.97. The molecule has 1 unspecified atom stereocenters. The van der Waals surface area contributed by atoms with Crippen LogP contribution in [0.15, 0.2) is 54.8 Å². The van der Waals surface area contributed by atoms with E-state index in [0.29, 0.717) is 5.69 Å². The van der Waals surface area contributed by atoms with Gasteiger partial charge < -0.3 is 15.2 Å². The number of hydrogen-bond acceptors (Lipinski definition) is 3. The molecule has 1 amide bonds. The maximum atomic E-state index is 11.7. The van der Waals surface area contributed by atoms with Gasteiger partial charge in [-0.25, -0.2) is 0 Å². The summed E-state index contributed by atoms with van der Waals surface area (Å²) in [6.45, 7) is 0. The lowest BCUT2D eigenvalue weighted by Crippen LogP contribution is -2.43. The van der Waals surface area contributed by atoms with Gasteiger partial charge in [0.15, 0.2) is 0 Å². The molecule has 0 spiro atoms. The highest BCUT2D eigenvalue weighted by Gasteiger charge is 2.35. The van der Waals surface area contributed by atoms with Gasteiger partial charge in [0, 0.05) is 5.69 Å². The number of carbonyl (C=O) groups excluding carboxylic acids is 1. The lowest BCUT2D eigenvalue weighted by molar-refractivity contribution is -0.164. The highest BCUT2D eigenvalue weighted by atomic mass is 16.6. The summed E-state index contributed by atoms with van der Waals surface area (Å²) in [6, 6.07) is 8.87. The number of hydrogen-bond donors (Lipinski definition) is 2. The third-order valence-electron chi connectivity index (χ3n) is 2.12. The molecule has 1 atom stereocenters. The Kier molecular flexibility index (Phi) is 2.74. The second-order valence-electron chi connectivity index (χ2n) is 3.32. The normalized spacial score (nSPS) is 22.6. The van der Waals surface area contributed by atoms with Crippen molar-refractivity contribution in [3.63, 3.8) is 0 Å². The maximum Gasteiger partial charge on any atom is 0.308 e. The molecule has 4 nitrogen and oxygen atoms in total. The van der Waals surface area contributed by atoms with Gasteiger partial charge in [0.25, 0.3) is 0 Å². The fourth-order valence-electron chi connectivity index (χ4n) is 1.28. The van der Waals surface area contributed by atoms with Gasteiger partial charge in [0.1, 0.15) is 0 Å². The third kappa shape index (κ3) is 2.12. The van der Waals surface area contributed by atoms with Crippen LogP contribution in [-0.2, 0) is 9.53 Å². The molecule has 0 saturated heterocycles. The molecular formula is C12H11NO3. The number of benzene rings is 1. The van der Waals surface area contributed by atoms with Crippen molar-refractivity contribution in [2.75, 3.05) is 5.32 Å². The standard InChI is InChI=1S/C12H11NO3/c14-11(12(15)8-4-5-9-16-12)13-10-6-2-1-3-7-10/h1-9,15H,(H,13,14). The molecule has 4 heteroatoms. The van der Waals surface area contributed by atoms with Crippen molar-refractivity contribution in [1.29, 1.82) is 0 Å². The van der Waals surface area contributed by atoms with Gasteiger partial charge in [-0.2, -0.15) is 0 Å². The van der Waals surface area contributed by atoms with Gasteiger partial charge in [-0.15, -0.1) is 0 Å². The Bertz CT molecular complexity index is 439. The Morgan fingerprint density at radius 3 is 2.62 bits per heavy atom. The quantitative estimate of drug-likeness (QED) is 0.787. The van der Waals surface area contributed by atoms with Gasteiger partial charge >= 0.3 is 11.7 Å². The van der Waals surface area contributed by atoms with E-state index in [2.05, 4.69) is 5.32 Å². The van der Waals surface area contributed by atoms with Gasteiger partial charge in [-0.3, -0.25) is 4.79 Å². The molecule has 1 aromatic carbocycles. The van der Waals surface area contributed by atoms with Crippen molar-refractivity contribution in [3.05, 3.63) is 54.8 Å². The Morgan fingerprint density at radius 1 is 1.25 bits per heavy atom. The minimum absolute atomic E-state index is 0.604. The number of rotatable bonds is 2. The molecule has 2 N–H and O–H groups in total. The Hall–Kier alpha value is -2.07. The third-order valence-corrected chi connectivity index (χ3v) is 2.12. The molecule has 1 heterocycles.